The van der Waals surface area contributed by atoms with Gasteiger partial charge in [0.05, 0.1) is 18.8 Å². The van der Waals surface area contributed by atoms with E-state index >= 15 is 0 Å². The molecule has 0 spiro atoms. The minimum atomic E-state index is 0.236. The fraction of sp³-hybridized carbons (Fsp3) is 0.667. The van der Waals surface area contributed by atoms with E-state index in [4.69, 9.17) is 4.74 Å². The van der Waals surface area contributed by atoms with Crippen molar-refractivity contribution in [2.45, 2.75) is 39.3 Å². The van der Waals surface area contributed by atoms with E-state index in [-0.39, 0.29) is 6.10 Å². The smallest absolute Gasteiger partial charge is 0.0896 e. The average Bonchev–Trinajstić information content (AvgIpc) is 2.48. The molecule has 2 rings (SSSR count). The Bertz CT molecular complexity index is 414. The molecular formula is C18H30N2O. The highest BCUT2D eigenvalue weighted by Gasteiger charge is 2.32. The maximum absolute atomic E-state index is 6.01. The first-order chi connectivity index (χ1) is 10.2. The van der Waals surface area contributed by atoms with Gasteiger partial charge in [-0.3, -0.25) is 4.90 Å². The normalized spacial score (nSPS) is 23.7. The molecule has 2 unspecified atom stereocenters. The third-order valence-electron chi connectivity index (χ3n) is 4.23. The lowest BCUT2D eigenvalue weighted by Crippen LogP contribution is -2.48. The van der Waals surface area contributed by atoms with Crippen LogP contribution in [0.1, 0.15) is 37.9 Å². The van der Waals surface area contributed by atoms with Gasteiger partial charge in [-0.25, -0.2) is 0 Å². The van der Waals surface area contributed by atoms with Crippen LogP contribution in [0.4, 0.5) is 0 Å². The highest BCUT2D eigenvalue weighted by atomic mass is 16.5. The second kappa shape index (κ2) is 7.92. The van der Waals surface area contributed by atoms with Gasteiger partial charge in [-0.1, -0.05) is 45.0 Å². The molecule has 1 N–H and O–H groups in total. The summed E-state index contributed by atoms with van der Waals surface area (Å²) in [5.74, 6) is 0.707. The Morgan fingerprint density at radius 2 is 2.00 bits per heavy atom. The fourth-order valence-electron chi connectivity index (χ4n) is 3.26. The maximum Gasteiger partial charge on any atom is 0.0896 e. The lowest BCUT2D eigenvalue weighted by Gasteiger charge is -2.41. The lowest BCUT2D eigenvalue weighted by atomic mass is 9.95. The number of nitrogens with zero attached hydrogens (tertiary/aromatic N) is 1. The molecule has 0 bridgehead atoms. The third kappa shape index (κ3) is 4.29. The van der Waals surface area contributed by atoms with E-state index in [1.54, 1.807) is 0 Å². The standard InChI is InChI=1S/C18H30N2O/c1-5-20-10-11-21-17(13-19-4)18(20)16-8-6-15(7-9-16)12-14(2)3/h6-9,14,17-19H,5,10-13H2,1-4H3. The molecule has 1 heterocycles. The summed E-state index contributed by atoms with van der Waals surface area (Å²) in [6.45, 7) is 10.6. The van der Waals surface area contributed by atoms with Crippen LogP contribution in [-0.2, 0) is 11.2 Å². The van der Waals surface area contributed by atoms with Gasteiger partial charge >= 0.3 is 0 Å². The molecule has 1 saturated heterocycles. The highest BCUT2D eigenvalue weighted by Crippen LogP contribution is 2.29. The average molecular weight is 290 g/mol. The van der Waals surface area contributed by atoms with Crippen LogP contribution < -0.4 is 5.32 Å². The fourth-order valence-corrected chi connectivity index (χ4v) is 3.26. The van der Waals surface area contributed by atoms with Crippen LogP contribution in [0.25, 0.3) is 0 Å². The summed E-state index contributed by atoms with van der Waals surface area (Å²) in [6, 6.07) is 9.52. The number of ether oxygens (including phenoxy) is 1. The summed E-state index contributed by atoms with van der Waals surface area (Å²) in [5, 5.41) is 3.27. The molecule has 3 nitrogen and oxygen atoms in total. The second-order valence-electron chi connectivity index (χ2n) is 6.38. The van der Waals surface area contributed by atoms with E-state index in [2.05, 4.69) is 55.3 Å². The van der Waals surface area contributed by atoms with Crippen molar-refractivity contribution in [3.05, 3.63) is 35.4 Å². The Hall–Kier alpha value is -0.900. The van der Waals surface area contributed by atoms with Gasteiger partial charge in [0, 0.05) is 13.1 Å². The summed E-state index contributed by atoms with van der Waals surface area (Å²) in [5.41, 5.74) is 2.81. The second-order valence-corrected chi connectivity index (χ2v) is 6.38. The van der Waals surface area contributed by atoms with Crippen molar-refractivity contribution in [2.24, 2.45) is 5.92 Å². The van der Waals surface area contributed by atoms with Gasteiger partial charge in [-0.15, -0.1) is 0 Å². The van der Waals surface area contributed by atoms with Crippen molar-refractivity contribution in [3.63, 3.8) is 0 Å². The maximum atomic E-state index is 6.01. The highest BCUT2D eigenvalue weighted by molar-refractivity contribution is 5.26. The van der Waals surface area contributed by atoms with E-state index < -0.39 is 0 Å². The van der Waals surface area contributed by atoms with Crippen molar-refractivity contribution >= 4 is 0 Å². The quantitative estimate of drug-likeness (QED) is 0.872. The van der Waals surface area contributed by atoms with Gasteiger partial charge < -0.3 is 10.1 Å². The SMILES string of the molecule is CCN1CCOC(CNC)C1c1ccc(CC(C)C)cc1. The Morgan fingerprint density at radius 1 is 1.29 bits per heavy atom. The zero-order valence-electron chi connectivity index (χ0n) is 13.9. The van der Waals surface area contributed by atoms with Gasteiger partial charge in [0.25, 0.3) is 0 Å². The van der Waals surface area contributed by atoms with E-state index in [0.717, 1.165) is 32.7 Å². The zero-order chi connectivity index (χ0) is 15.2. The molecule has 1 aliphatic rings. The zero-order valence-corrected chi connectivity index (χ0v) is 13.9. The van der Waals surface area contributed by atoms with Gasteiger partial charge in [0.2, 0.25) is 0 Å². The van der Waals surface area contributed by atoms with Gasteiger partial charge in [-0.05, 0) is 37.1 Å². The summed E-state index contributed by atoms with van der Waals surface area (Å²) in [7, 11) is 2.00. The molecule has 1 aliphatic heterocycles. The summed E-state index contributed by atoms with van der Waals surface area (Å²) >= 11 is 0. The van der Waals surface area contributed by atoms with Crippen molar-refractivity contribution < 1.29 is 4.74 Å². The van der Waals surface area contributed by atoms with Crippen molar-refractivity contribution in [2.75, 3.05) is 33.3 Å². The minimum Gasteiger partial charge on any atom is -0.374 e. The van der Waals surface area contributed by atoms with E-state index in [1.807, 2.05) is 7.05 Å². The molecule has 1 fully saturated rings. The Morgan fingerprint density at radius 3 is 2.57 bits per heavy atom. The van der Waals surface area contributed by atoms with Crippen molar-refractivity contribution in [1.82, 2.24) is 10.2 Å². The molecular weight excluding hydrogens is 260 g/mol. The summed E-state index contributed by atoms with van der Waals surface area (Å²) in [6.07, 6.45) is 1.39. The predicted octanol–water partition coefficient (Wildman–Crippen LogP) is 2.87. The van der Waals surface area contributed by atoms with Crippen molar-refractivity contribution in [3.8, 4) is 0 Å². The first-order valence-electron chi connectivity index (χ1n) is 8.24. The van der Waals surface area contributed by atoms with Crippen LogP contribution in [0.15, 0.2) is 24.3 Å². The van der Waals surface area contributed by atoms with Crippen molar-refractivity contribution in [1.29, 1.82) is 0 Å². The molecule has 0 aromatic heterocycles. The van der Waals surface area contributed by atoms with Crippen LogP contribution in [0.3, 0.4) is 0 Å². The van der Waals surface area contributed by atoms with Crippen LogP contribution in [0, 0.1) is 5.92 Å². The third-order valence-corrected chi connectivity index (χ3v) is 4.23. The number of benzene rings is 1. The van der Waals surface area contributed by atoms with Crippen LogP contribution >= 0.6 is 0 Å². The number of hydrogen-bond donors (Lipinski definition) is 1. The molecule has 3 heteroatoms. The van der Waals surface area contributed by atoms with E-state index in [0.29, 0.717) is 12.0 Å². The molecule has 118 valence electrons. The number of likely N-dealkylation sites (N-methyl/N-ethyl adjacent to an activating group) is 2. The van der Waals surface area contributed by atoms with Gasteiger partial charge in [0.1, 0.15) is 0 Å². The summed E-state index contributed by atoms with van der Waals surface area (Å²) in [4.78, 5) is 2.53. The molecule has 0 amide bonds. The van der Waals surface area contributed by atoms with Crippen LogP contribution in [0.5, 0.6) is 0 Å². The summed E-state index contributed by atoms with van der Waals surface area (Å²) < 4.78 is 6.01. The number of morpholine rings is 1. The largest absolute Gasteiger partial charge is 0.374 e. The Labute approximate surface area is 129 Å². The molecule has 0 saturated carbocycles. The molecule has 0 radical (unpaired) electrons. The Balaban J connectivity index is 2.17. The number of rotatable bonds is 6. The molecule has 21 heavy (non-hydrogen) atoms. The topological polar surface area (TPSA) is 24.5 Å². The number of hydrogen-bond acceptors (Lipinski definition) is 3. The van der Waals surface area contributed by atoms with Crippen LogP contribution in [0.2, 0.25) is 0 Å². The first-order valence-corrected chi connectivity index (χ1v) is 8.24. The molecule has 1 aromatic carbocycles. The molecule has 0 aliphatic carbocycles. The first kappa shape index (κ1) is 16.5. The lowest BCUT2D eigenvalue weighted by molar-refractivity contribution is -0.0686. The van der Waals surface area contributed by atoms with Gasteiger partial charge in [0.15, 0.2) is 0 Å². The van der Waals surface area contributed by atoms with Crippen LogP contribution in [-0.4, -0.2) is 44.3 Å². The molecule has 1 aromatic rings. The monoisotopic (exact) mass is 290 g/mol. The van der Waals surface area contributed by atoms with E-state index in [9.17, 15) is 0 Å². The van der Waals surface area contributed by atoms with E-state index in [1.165, 1.54) is 11.1 Å². The predicted molar refractivity (Wildman–Crippen MR) is 88.6 cm³/mol. The Kier molecular flexibility index (Phi) is 6.22. The number of nitrogens with one attached hydrogen (secondary N) is 1. The van der Waals surface area contributed by atoms with Gasteiger partial charge in [-0.2, -0.15) is 0 Å². The molecule has 2 atom stereocenters. The minimum absolute atomic E-state index is 0.236.